The number of guanidine groups is 1. The molecular weight excluding hydrogens is 1190 g/mol. The molecule has 6 unspecified atom stereocenters. The summed E-state index contributed by atoms with van der Waals surface area (Å²) in [6, 6.07) is 22.6. The average Bonchev–Trinajstić information content (AvgIpc) is 3.54. The fourth-order valence-corrected chi connectivity index (χ4v) is 12.2. The minimum absolute atomic E-state index is 0.0660. The van der Waals surface area contributed by atoms with E-state index in [1.807, 2.05) is 42.1 Å². The second-order valence-corrected chi connectivity index (χ2v) is 23.2. The van der Waals surface area contributed by atoms with Gasteiger partial charge >= 0.3 is 29.9 Å². The number of aliphatic carboxylic acids is 4. The van der Waals surface area contributed by atoms with Crippen molar-refractivity contribution in [3.63, 3.8) is 0 Å². The van der Waals surface area contributed by atoms with Crippen molar-refractivity contribution >= 4 is 111 Å². The fraction of sp³-hybridized carbons (Fsp3) is 0.400. The van der Waals surface area contributed by atoms with E-state index in [0.717, 1.165) is 34.0 Å². The number of likely N-dealkylation sites (tertiary alicyclic amines) is 1. The molecule has 0 bridgehead atoms. The number of nitrogens with one attached hydrogen (secondary N) is 7. The van der Waals surface area contributed by atoms with Gasteiger partial charge in [-0.25, -0.2) is 9.78 Å². The van der Waals surface area contributed by atoms with Crippen LogP contribution in [0.25, 0.3) is 0 Å². The van der Waals surface area contributed by atoms with Gasteiger partial charge in [-0.1, -0.05) is 48.6 Å². The molecule has 3 fully saturated rings. The molecule has 4 aromatic rings. The lowest BCUT2D eigenvalue weighted by atomic mass is 9.97. The predicted molar refractivity (Wildman–Crippen MR) is 337 cm³/mol. The third-order valence-corrected chi connectivity index (χ3v) is 16.2. The maximum Gasteiger partial charge on any atom is 0.323 e. The molecule has 3 aliphatic heterocycles. The topological polar surface area (TPSA) is 406 Å². The number of carboxylic acid groups (broad SMARTS) is 4. The van der Waals surface area contributed by atoms with Crippen LogP contribution in [-0.4, -0.2) is 180 Å². The number of amides is 6. The number of unbranched alkanes of at least 4 members (excludes halogenated alkanes) is 1. The number of pyridine rings is 1. The molecule has 0 saturated carbocycles. The second-order valence-electron chi connectivity index (χ2n) is 21.5. The molecule has 0 aliphatic carbocycles. The zero-order valence-corrected chi connectivity index (χ0v) is 50.2. The number of nitrogens with zero attached hydrogens (tertiary/aromatic N) is 5. The first-order valence-electron chi connectivity index (χ1n) is 28.8. The molecular formula is C60H72N14O13S2. The quantitative estimate of drug-likeness (QED) is 0.00891. The van der Waals surface area contributed by atoms with E-state index in [1.54, 1.807) is 48.5 Å². The summed E-state index contributed by atoms with van der Waals surface area (Å²) in [7, 11) is 0. The van der Waals surface area contributed by atoms with Gasteiger partial charge in [-0.3, -0.25) is 48.2 Å². The highest BCUT2D eigenvalue weighted by atomic mass is 32.2. The molecule has 6 atom stereocenters. The molecule has 89 heavy (non-hydrogen) atoms. The zero-order chi connectivity index (χ0) is 64.0. The molecule has 3 aliphatic rings. The van der Waals surface area contributed by atoms with Crippen molar-refractivity contribution in [2.75, 3.05) is 65.9 Å². The number of aromatic nitrogens is 1. The summed E-state index contributed by atoms with van der Waals surface area (Å²) in [5.41, 5.74) is 14.4. The van der Waals surface area contributed by atoms with Crippen LogP contribution in [0.2, 0.25) is 0 Å². The van der Waals surface area contributed by atoms with Crippen LogP contribution in [0, 0.1) is 11.8 Å². The maximum atomic E-state index is 14.6. The van der Waals surface area contributed by atoms with Crippen LogP contribution in [0.4, 0.5) is 27.7 Å². The van der Waals surface area contributed by atoms with E-state index in [1.165, 1.54) is 17.0 Å². The molecule has 0 spiro atoms. The van der Waals surface area contributed by atoms with E-state index in [-0.39, 0.29) is 96.3 Å². The highest BCUT2D eigenvalue weighted by Gasteiger charge is 2.43. The third-order valence-electron chi connectivity index (χ3n) is 14.5. The number of thioether (sulfide) groups is 1. The Kier molecular flexibility index (Phi) is 24.8. The number of carbonyl (C=O) groups excluding carboxylic acids is 5. The van der Waals surface area contributed by atoms with Crippen LogP contribution in [-0.2, 0) is 51.3 Å². The van der Waals surface area contributed by atoms with Gasteiger partial charge in [0.15, 0.2) is 11.1 Å². The van der Waals surface area contributed by atoms with Crippen LogP contribution in [0.5, 0.6) is 0 Å². The monoisotopic (exact) mass is 1260 g/mol. The van der Waals surface area contributed by atoms with Gasteiger partial charge < -0.3 is 78.9 Å². The van der Waals surface area contributed by atoms with Gasteiger partial charge in [-0.05, 0) is 123 Å². The van der Waals surface area contributed by atoms with Crippen molar-refractivity contribution in [1.29, 1.82) is 0 Å². The number of carbonyl (C=O) groups is 9. The van der Waals surface area contributed by atoms with Gasteiger partial charge in [-0.2, -0.15) is 11.8 Å². The molecule has 0 radical (unpaired) electrons. The number of benzene rings is 3. The van der Waals surface area contributed by atoms with E-state index < -0.39 is 85.9 Å². The van der Waals surface area contributed by atoms with Gasteiger partial charge in [0, 0.05) is 71.7 Å². The van der Waals surface area contributed by atoms with E-state index in [9.17, 15) is 63.6 Å². The summed E-state index contributed by atoms with van der Waals surface area (Å²) in [6.07, 6.45) is 4.68. The standard InChI is InChI=1S/C60H72N14O13S2/c61-58(62)63-25-8-11-43(69-56(85)46-12-6-7-26-74(46)57(86)44(28-37-9-2-1-3-10-37)68-49(75)14-5-4-13-47-54-45(35-89-47)70-59(87)71-54)55(84)65-39-21-23-41(24-22-39)67-60(88)66-40-19-17-36(18-20-40)15-16-38-27-42(30-72(31-50(76)77)32-51(78)79)64-48(29-38)73(33-52(80)81)34-53(82)83/h1-3,9-10,17-24,27,29,43-47,54H,4-8,11-14,25-26,28,30-35H2,(H,65,84)(H,68,75)(H,69,85)(H,76,77)(H,78,79)(H,80,81)(H,82,83)(H4,61,62,63)(H2,66,67,88)(H2,70,71,87). The third kappa shape index (κ3) is 21.7. The van der Waals surface area contributed by atoms with Crippen LogP contribution in [0.1, 0.15) is 80.2 Å². The lowest BCUT2D eigenvalue weighted by Crippen LogP contribution is -2.59. The van der Waals surface area contributed by atoms with Crippen molar-refractivity contribution in [3.8, 4) is 11.8 Å². The molecule has 3 aromatic carbocycles. The Morgan fingerprint density at radius 1 is 0.753 bits per heavy atom. The van der Waals surface area contributed by atoms with Crippen LogP contribution in [0.3, 0.4) is 0 Å². The van der Waals surface area contributed by atoms with Crippen molar-refractivity contribution in [2.24, 2.45) is 16.5 Å². The summed E-state index contributed by atoms with van der Waals surface area (Å²) in [4.78, 5) is 127. The van der Waals surface area contributed by atoms with Gasteiger partial charge in [0.2, 0.25) is 23.6 Å². The SMILES string of the molecule is NC(N)=NCCCC(NC(=O)C1CCCCN1C(=O)C(Cc1ccccc1)NC(=O)CCCCC1SCC2NC(=O)NC21)C(=O)Nc1ccc(NC(=S)Nc2ccc(C#Cc3cc(CN(CC(=O)O)CC(=O)O)nc(N(CC(=O)O)CC(=O)O)c3)cc2)cc1. The number of hydrogen-bond acceptors (Lipinski definition) is 15. The number of thiocarbonyl (C=S) groups is 1. The number of fused-ring (bicyclic) bond motifs is 1. The van der Waals surface area contributed by atoms with E-state index in [2.05, 4.69) is 59.0 Å². The Morgan fingerprint density at radius 3 is 2.02 bits per heavy atom. The first kappa shape index (κ1) is 67.0. The van der Waals surface area contributed by atoms with Gasteiger partial charge in [0.05, 0.1) is 30.9 Å². The first-order chi connectivity index (χ1) is 42.6. The molecule has 3 saturated heterocycles. The van der Waals surface area contributed by atoms with Gasteiger partial charge in [0.25, 0.3) is 0 Å². The number of rotatable bonds is 30. The van der Waals surface area contributed by atoms with Crippen molar-refractivity contribution in [1.82, 2.24) is 36.1 Å². The Morgan fingerprint density at radius 2 is 1.38 bits per heavy atom. The first-order valence-corrected chi connectivity index (χ1v) is 30.2. The summed E-state index contributed by atoms with van der Waals surface area (Å²) < 4.78 is 0. The minimum Gasteiger partial charge on any atom is -0.480 e. The van der Waals surface area contributed by atoms with E-state index in [4.69, 9.17) is 23.7 Å². The molecule has 29 heteroatoms. The second kappa shape index (κ2) is 33.0. The molecule has 15 N–H and O–H groups in total. The summed E-state index contributed by atoms with van der Waals surface area (Å²) in [5, 5.41) is 59.0. The van der Waals surface area contributed by atoms with Gasteiger partial charge in [0.1, 0.15) is 37.0 Å². The molecule has 1 aromatic heterocycles. The zero-order valence-electron chi connectivity index (χ0n) is 48.5. The number of piperidine rings is 1. The van der Waals surface area contributed by atoms with Crippen LogP contribution in [0.15, 0.2) is 96.0 Å². The normalized spacial score (nSPS) is 17.2. The minimum atomic E-state index is -1.34. The number of carboxylic acids is 4. The largest absolute Gasteiger partial charge is 0.480 e. The number of aliphatic imine (C=N–C) groups is 1. The molecule has 472 valence electrons. The molecule has 6 amide bonds. The van der Waals surface area contributed by atoms with Gasteiger partial charge in [-0.15, -0.1) is 0 Å². The Bertz CT molecular complexity index is 3280. The van der Waals surface area contributed by atoms with Crippen molar-refractivity contribution in [3.05, 3.63) is 113 Å². The lowest BCUT2D eigenvalue weighted by Gasteiger charge is -2.37. The molecule has 27 nitrogen and oxygen atoms in total. The average molecular weight is 1260 g/mol. The Hall–Kier alpha value is -9.53. The summed E-state index contributed by atoms with van der Waals surface area (Å²) in [6.45, 7) is -2.63. The maximum absolute atomic E-state index is 14.6. The fourth-order valence-electron chi connectivity index (χ4n) is 10.5. The lowest BCUT2D eigenvalue weighted by molar-refractivity contribution is -0.145. The smallest absolute Gasteiger partial charge is 0.323 e. The summed E-state index contributed by atoms with van der Waals surface area (Å²) >= 11 is 7.39. The molecule has 4 heterocycles. The number of urea groups is 1. The van der Waals surface area contributed by atoms with Crippen LogP contribution < -0.4 is 53.6 Å². The van der Waals surface area contributed by atoms with Crippen molar-refractivity contribution in [2.45, 2.75) is 106 Å². The highest BCUT2D eigenvalue weighted by Crippen LogP contribution is 2.33. The highest BCUT2D eigenvalue weighted by molar-refractivity contribution is 8.00. The number of nitrogens with two attached hydrogens (primary N) is 2. The number of hydrogen-bond donors (Lipinski definition) is 13. The van der Waals surface area contributed by atoms with Crippen LogP contribution >= 0.6 is 24.0 Å². The number of anilines is 4. The molecule has 7 rings (SSSR count). The van der Waals surface area contributed by atoms with Crippen molar-refractivity contribution < 1.29 is 63.6 Å². The Labute approximate surface area is 522 Å². The predicted octanol–water partition coefficient (Wildman–Crippen LogP) is 2.55. The summed E-state index contributed by atoms with van der Waals surface area (Å²) in [5.74, 6) is -0.495. The Balaban J connectivity index is 0.957. The van der Waals surface area contributed by atoms with E-state index in [0.29, 0.717) is 54.7 Å². The van der Waals surface area contributed by atoms with E-state index >= 15 is 0 Å².